The third-order valence-electron chi connectivity index (χ3n) is 5.52. The topological polar surface area (TPSA) is 61.4 Å². The van der Waals surface area contributed by atoms with Crippen molar-refractivity contribution in [1.82, 2.24) is 10.2 Å². The lowest BCUT2D eigenvalue weighted by Gasteiger charge is -2.37. The first-order chi connectivity index (χ1) is 13.2. The van der Waals surface area contributed by atoms with E-state index in [0.717, 1.165) is 36.3 Å². The van der Waals surface area contributed by atoms with E-state index in [1.54, 1.807) is 0 Å². The molecule has 1 atom stereocenters. The Kier molecular flexibility index (Phi) is 4.94. The summed E-state index contributed by atoms with van der Waals surface area (Å²) in [5.74, 6) is 0.0973. The summed E-state index contributed by atoms with van der Waals surface area (Å²) in [6.45, 7) is 4.40. The minimum Gasteiger partial charge on any atom is -0.329 e. The van der Waals surface area contributed by atoms with Crippen molar-refractivity contribution in [3.63, 3.8) is 0 Å². The summed E-state index contributed by atoms with van der Waals surface area (Å²) in [4.78, 5) is 26.8. The average molecular weight is 363 g/mol. The second kappa shape index (κ2) is 7.53. The van der Waals surface area contributed by atoms with Crippen molar-refractivity contribution < 1.29 is 9.59 Å². The van der Waals surface area contributed by atoms with Crippen LogP contribution in [0.4, 0.5) is 5.69 Å². The van der Waals surface area contributed by atoms with Gasteiger partial charge < -0.3 is 15.5 Å². The van der Waals surface area contributed by atoms with E-state index in [9.17, 15) is 9.59 Å². The van der Waals surface area contributed by atoms with Gasteiger partial charge in [0.2, 0.25) is 5.91 Å². The van der Waals surface area contributed by atoms with Crippen molar-refractivity contribution in [3.05, 3.63) is 64.7 Å². The van der Waals surface area contributed by atoms with Crippen molar-refractivity contribution in [2.24, 2.45) is 0 Å². The van der Waals surface area contributed by atoms with Gasteiger partial charge in [-0.15, -0.1) is 0 Å². The predicted molar refractivity (Wildman–Crippen MR) is 106 cm³/mol. The van der Waals surface area contributed by atoms with Gasteiger partial charge in [0.25, 0.3) is 5.91 Å². The van der Waals surface area contributed by atoms with Crippen LogP contribution in [0.1, 0.15) is 46.4 Å². The quantitative estimate of drug-likeness (QED) is 0.881. The van der Waals surface area contributed by atoms with Gasteiger partial charge in [-0.1, -0.05) is 31.2 Å². The molecule has 2 aromatic carbocycles. The Morgan fingerprint density at radius 3 is 2.74 bits per heavy atom. The predicted octanol–water partition coefficient (Wildman–Crippen LogP) is 2.92. The van der Waals surface area contributed by atoms with E-state index in [4.69, 9.17) is 0 Å². The molecule has 2 N–H and O–H groups in total. The lowest BCUT2D eigenvalue weighted by molar-refractivity contribution is -0.116. The molecule has 2 aliphatic rings. The van der Waals surface area contributed by atoms with E-state index < -0.39 is 0 Å². The van der Waals surface area contributed by atoms with Crippen molar-refractivity contribution in [2.45, 2.75) is 32.2 Å². The number of aryl methyl sites for hydroxylation is 2. The fourth-order valence-corrected chi connectivity index (χ4v) is 3.90. The van der Waals surface area contributed by atoms with E-state index in [1.165, 1.54) is 5.56 Å². The highest BCUT2D eigenvalue weighted by molar-refractivity contribution is 5.98. The van der Waals surface area contributed by atoms with Gasteiger partial charge in [-0.2, -0.15) is 0 Å². The normalized spacial score (nSPS) is 19.4. The summed E-state index contributed by atoms with van der Waals surface area (Å²) in [7, 11) is 0. The Balaban J connectivity index is 1.59. The molecule has 140 valence electrons. The number of hydrogen-bond acceptors (Lipinski definition) is 3. The Morgan fingerprint density at radius 2 is 1.96 bits per heavy atom. The van der Waals surface area contributed by atoms with Crippen molar-refractivity contribution in [1.29, 1.82) is 0 Å². The van der Waals surface area contributed by atoms with Crippen LogP contribution >= 0.6 is 0 Å². The maximum absolute atomic E-state index is 13.3. The molecule has 2 amide bonds. The fraction of sp³-hybridized carbons (Fsp3) is 0.364. The molecule has 5 nitrogen and oxygen atoms in total. The number of nitrogens with zero attached hydrogens (tertiary/aromatic N) is 1. The molecule has 0 aliphatic carbocycles. The Hall–Kier alpha value is -2.66. The van der Waals surface area contributed by atoms with Gasteiger partial charge in [-0.3, -0.25) is 9.59 Å². The highest BCUT2D eigenvalue weighted by Crippen LogP contribution is 2.28. The molecule has 0 bridgehead atoms. The summed E-state index contributed by atoms with van der Waals surface area (Å²) < 4.78 is 0. The van der Waals surface area contributed by atoms with Crippen LogP contribution < -0.4 is 10.6 Å². The zero-order valence-electron chi connectivity index (χ0n) is 15.6. The molecule has 1 fully saturated rings. The van der Waals surface area contributed by atoms with Gasteiger partial charge in [0.1, 0.15) is 0 Å². The second-order valence-corrected chi connectivity index (χ2v) is 7.23. The van der Waals surface area contributed by atoms with Crippen LogP contribution in [0.3, 0.4) is 0 Å². The van der Waals surface area contributed by atoms with Gasteiger partial charge in [0, 0.05) is 37.3 Å². The molecule has 5 heteroatoms. The number of benzene rings is 2. The largest absolute Gasteiger partial charge is 0.329 e. The van der Waals surface area contributed by atoms with Crippen molar-refractivity contribution in [3.8, 4) is 0 Å². The smallest absolute Gasteiger partial charge is 0.254 e. The lowest BCUT2D eigenvalue weighted by atomic mass is 9.97. The zero-order valence-corrected chi connectivity index (χ0v) is 15.6. The number of carbonyl (C=O) groups excluding carboxylic acids is 2. The molecule has 0 aromatic heterocycles. The monoisotopic (exact) mass is 363 g/mol. The molecule has 4 rings (SSSR count). The second-order valence-electron chi connectivity index (χ2n) is 7.23. The molecule has 1 unspecified atom stereocenters. The van der Waals surface area contributed by atoms with Crippen LogP contribution in [0.5, 0.6) is 0 Å². The minimum atomic E-state index is 0.0351. The number of nitrogens with one attached hydrogen (secondary N) is 2. The molecular formula is C22H25N3O2. The summed E-state index contributed by atoms with van der Waals surface area (Å²) in [5, 5.41) is 6.29. The maximum Gasteiger partial charge on any atom is 0.254 e. The molecule has 2 aliphatic heterocycles. The van der Waals surface area contributed by atoms with Crippen molar-refractivity contribution >= 4 is 17.5 Å². The lowest BCUT2D eigenvalue weighted by Crippen LogP contribution is -2.48. The Bertz CT molecular complexity index is 860. The van der Waals surface area contributed by atoms with Gasteiger partial charge in [0.15, 0.2) is 0 Å². The first-order valence-electron chi connectivity index (χ1n) is 9.69. The summed E-state index contributed by atoms with van der Waals surface area (Å²) in [5.41, 5.74) is 5.03. The van der Waals surface area contributed by atoms with E-state index in [2.05, 4.69) is 41.8 Å². The maximum atomic E-state index is 13.3. The molecule has 1 saturated heterocycles. The molecule has 2 aromatic rings. The highest BCUT2D eigenvalue weighted by Gasteiger charge is 2.29. The number of anilines is 1. The molecule has 27 heavy (non-hydrogen) atoms. The first-order valence-corrected chi connectivity index (χ1v) is 9.69. The van der Waals surface area contributed by atoms with Crippen LogP contribution in [0.2, 0.25) is 0 Å². The van der Waals surface area contributed by atoms with Crippen LogP contribution in [-0.4, -0.2) is 36.3 Å². The van der Waals surface area contributed by atoms with E-state index in [-0.39, 0.29) is 17.9 Å². The first kappa shape index (κ1) is 17.7. The molecular weight excluding hydrogens is 338 g/mol. The van der Waals surface area contributed by atoms with Gasteiger partial charge in [-0.25, -0.2) is 0 Å². The molecule has 0 radical (unpaired) electrons. The highest BCUT2D eigenvalue weighted by atomic mass is 16.2. The average Bonchev–Trinajstić information content (AvgIpc) is 2.73. The van der Waals surface area contributed by atoms with Crippen molar-refractivity contribution in [2.75, 3.05) is 25.0 Å². The van der Waals surface area contributed by atoms with Gasteiger partial charge >= 0.3 is 0 Å². The number of rotatable bonds is 3. The molecule has 0 spiro atoms. The number of amides is 2. The zero-order chi connectivity index (χ0) is 18.8. The van der Waals surface area contributed by atoms with E-state index in [1.807, 2.05) is 23.1 Å². The third kappa shape index (κ3) is 3.60. The number of fused-ring (bicyclic) bond motifs is 1. The minimum absolute atomic E-state index is 0.0351. The number of piperazine rings is 1. The summed E-state index contributed by atoms with van der Waals surface area (Å²) >= 11 is 0. The SMILES string of the molecule is CCc1ccc(C2CNCCN2C(=O)c2ccc3c(c2)CCC(=O)N3)cc1. The van der Waals surface area contributed by atoms with E-state index >= 15 is 0 Å². The van der Waals surface area contributed by atoms with Gasteiger partial charge in [0.05, 0.1) is 6.04 Å². The summed E-state index contributed by atoms with van der Waals surface area (Å²) in [6, 6.07) is 14.2. The van der Waals surface area contributed by atoms with Crippen LogP contribution in [0.15, 0.2) is 42.5 Å². The Morgan fingerprint density at radius 1 is 1.15 bits per heavy atom. The summed E-state index contributed by atoms with van der Waals surface area (Å²) in [6.07, 6.45) is 2.17. The Labute approximate surface area is 159 Å². The number of carbonyl (C=O) groups is 2. The number of hydrogen-bond donors (Lipinski definition) is 2. The van der Waals surface area contributed by atoms with Crippen LogP contribution in [0, 0.1) is 0 Å². The van der Waals surface area contributed by atoms with Crippen LogP contribution in [0.25, 0.3) is 0 Å². The fourth-order valence-electron chi connectivity index (χ4n) is 3.90. The third-order valence-corrected chi connectivity index (χ3v) is 5.52. The van der Waals surface area contributed by atoms with Gasteiger partial charge in [-0.05, 0) is 47.7 Å². The molecule has 2 heterocycles. The molecule has 0 saturated carbocycles. The van der Waals surface area contributed by atoms with E-state index in [0.29, 0.717) is 24.9 Å². The van der Waals surface area contributed by atoms with Crippen LogP contribution in [-0.2, 0) is 17.6 Å². The standard InChI is InChI=1S/C22H25N3O2/c1-2-15-3-5-16(6-4-15)20-14-23-11-12-25(20)22(27)18-7-9-19-17(13-18)8-10-21(26)24-19/h3-7,9,13,20,23H,2,8,10-12,14H2,1H3,(H,24,26).